The molecular formula is C4F10N2S3. The normalized spacial score (nSPS) is 14.8. The smallest absolute Gasteiger partial charge is 0.170 e. The van der Waals surface area contributed by atoms with Gasteiger partial charge in [0.05, 0.1) is 0 Å². The summed E-state index contributed by atoms with van der Waals surface area (Å²) < 4.78 is 120. The van der Waals surface area contributed by atoms with Gasteiger partial charge in [0.15, 0.2) is 0 Å². The molecule has 1 rings (SSSR count). The van der Waals surface area contributed by atoms with Crippen LogP contribution in [0.15, 0.2) is 0 Å². The fourth-order valence-electron chi connectivity index (χ4n) is 0.670. The van der Waals surface area contributed by atoms with Crippen molar-refractivity contribution in [1.82, 2.24) is 8.14 Å². The fourth-order valence-corrected chi connectivity index (χ4v) is 4.66. The molecule has 15 heteroatoms. The minimum absolute atomic E-state index is 0.0986. The van der Waals surface area contributed by atoms with Crippen molar-refractivity contribution < 1.29 is 43.9 Å². The highest BCUT2D eigenvalue weighted by Gasteiger charge is 2.67. The largest absolute Gasteiger partial charge is 0.478 e. The van der Waals surface area contributed by atoms with Gasteiger partial charge in [-0.25, -0.2) is 0 Å². The summed E-state index contributed by atoms with van der Waals surface area (Å²) in [6.45, 7) is 0. The summed E-state index contributed by atoms with van der Waals surface area (Å²) in [6.07, 6.45) is -12.6. The van der Waals surface area contributed by atoms with Gasteiger partial charge < -0.3 is 0 Å². The van der Waals surface area contributed by atoms with E-state index in [1.165, 1.54) is 0 Å². The number of rotatable bonds is 2. The molecule has 1 aromatic heterocycles. The highest BCUT2D eigenvalue weighted by molar-refractivity contribution is 7.92. The summed E-state index contributed by atoms with van der Waals surface area (Å²) >= 11 is 0. The van der Waals surface area contributed by atoms with Gasteiger partial charge in [-0.1, -0.05) is 0 Å². The molecule has 0 fully saturated rings. The molecule has 0 aliphatic carbocycles. The Kier molecular flexibility index (Phi) is 3.97. The molecule has 19 heavy (non-hydrogen) atoms. The van der Waals surface area contributed by atoms with Crippen molar-refractivity contribution in [1.29, 1.82) is 0 Å². The Balaban J connectivity index is 3.43. The van der Waals surface area contributed by atoms with E-state index in [1.807, 2.05) is 0 Å². The van der Waals surface area contributed by atoms with Crippen molar-refractivity contribution in [3.8, 4) is 0 Å². The van der Waals surface area contributed by atoms with Crippen molar-refractivity contribution in [2.45, 2.75) is 24.4 Å². The molecule has 0 atom stereocenters. The molecule has 0 N–H and O–H groups in total. The van der Waals surface area contributed by atoms with Crippen LogP contribution in [-0.4, -0.2) is 20.5 Å². The van der Waals surface area contributed by atoms with Crippen molar-refractivity contribution in [2.24, 2.45) is 0 Å². The average molecular weight is 362 g/mol. The first-order valence-corrected chi connectivity index (χ1v) is 7.13. The molecule has 0 aliphatic rings. The van der Waals surface area contributed by atoms with Gasteiger partial charge in [-0.15, -0.1) is 8.14 Å². The minimum Gasteiger partial charge on any atom is -0.170 e. The molecule has 0 aromatic carbocycles. The maximum atomic E-state index is 12.8. The zero-order valence-electron chi connectivity index (χ0n) is 7.90. The molecule has 0 amide bonds. The van der Waals surface area contributed by atoms with Gasteiger partial charge in [-0.3, -0.25) is 0 Å². The zero-order chi connectivity index (χ0) is 15.3. The zero-order valence-corrected chi connectivity index (χ0v) is 10.3. The van der Waals surface area contributed by atoms with Gasteiger partial charge in [-0.05, 0) is 0 Å². The third-order valence-electron chi connectivity index (χ3n) is 1.53. The van der Waals surface area contributed by atoms with E-state index in [4.69, 9.17) is 0 Å². The number of aromatic nitrogens is 2. The molecule has 1 aromatic rings. The SMILES string of the molecule is FC(F)(F)C(F)(F)n1sssn1C(F)(F)C(F)(F)F. The summed E-state index contributed by atoms with van der Waals surface area (Å²) in [6, 6.07) is -11.8. The van der Waals surface area contributed by atoms with Gasteiger partial charge in [0.25, 0.3) is 0 Å². The topological polar surface area (TPSA) is 9.86 Å². The molecular weight excluding hydrogens is 362 g/mol. The molecule has 0 spiro atoms. The van der Waals surface area contributed by atoms with E-state index in [9.17, 15) is 43.9 Å². The highest BCUT2D eigenvalue weighted by atomic mass is 33.2. The number of alkyl halides is 10. The van der Waals surface area contributed by atoms with Crippen molar-refractivity contribution >= 4 is 30.4 Å². The monoisotopic (exact) mass is 362 g/mol. The first-order chi connectivity index (χ1) is 8.23. The fraction of sp³-hybridized carbons (Fsp3) is 1.00. The third-order valence-corrected chi connectivity index (χ3v) is 5.13. The number of halogens is 10. The standard InChI is InChI=1S/C4F10N2S3/c5-1(6,7)3(11,12)15-16(18-19-17-15)4(13,14)2(8,9)10. The van der Waals surface area contributed by atoms with Gasteiger partial charge >= 0.3 is 24.4 Å². The predicted octanol–water partition coefficient (Wildman–Crippen LogP) is 4.82. The van der Waals surface area contributed by atoms with Crippen LogP contribution in [0.1, 0.15) is 0 Å². The van der Waals surface area contributed by atoms with E-state index in [-0.39, 0.29) is 9.34 Å². The molecule has 0 saturated heterocycles. The van der Waals surface area contributed by atoms with Crippen molar-refractivity contribution in [3.05, 3.63) is 0 Å². The quantitative estimate of drug-likeness (QED) is 0.527. The molecule has 2 nitrogen and oxygen atoms in total. The predicted molar refractivity (Wildman–Crippen MR) is 46.2 cm³/mol. The van der Waals surface area contributed by atoms with E-state index in [0.717, 1.165) is 0 Å². The van der Waals surface area contributed by atoms with Crippen LogP contribution in [0.3, 0.4) is 0 Å². The summed E-state index contributed by atoms with van der Waals surface area (Å²) in [7, 11) is -1.27. The van der Waals surface area contributed by atoms with E-state index >= 15 is 0 Å². The Bertz CT molecular complexity index is 420. The Morgan fingerprint density at radius 1 is 0.526 bits per heavy atom. The number of hydrogen-bond acceptors (Lipinski definition) is 3. The Morgan fingerprint density at radius 2 is 0.789 bits per heavy atom. The second kappa shape index (κ2) is 4.54. The number of hydrogen-bond donors (Lipinski definition) is 0. The molecule has 0 bridgehead atoms. The summed E-state index contributed by atoms with van der Waals surface area (Å²) in [4.78, 5) is 0. The maximum absolute atomic E-state index is 12.8. The summed E-state index contributed by atoms with van der Waals surface area (Å²) in [5, 5.41) is 0. The summed E-state index contributed by atoms with van der Waals surface area (Å²) in [5.41, 5.74) is 0. The highest BCUT2D eigenvalue weighted by Crippen LogP contribution is 2.47. The van der Waals surface area contributed by atoms with E-state index < -0.39 is 53.7 Å². The van der Waals surface area contributed by atoms with Crippen LogP contribution >= 0.6 is 30.4 Å². The Hall–Kier alpha value is -0.440. The van der Waals surface area contributed by atoms with Crippen LogP contribution in [-0.2, 0) is 12.1 Å². The van der Waals surface area contributed by atoms with Crippen molar-refractivity contribution in [3.63, 3.8) is 0 Å². The molecule has 0 radical (unpaired) electrons. The van der Waals surface area contributed by atoms with Crippen LogP contribution in [0, 0.1) is 0 Å². The minimum atomic E-state index is -6.31. The van der Waals surface area contributed by atoms with Gasteiger partial charge in [0, 0.05) is 30.4 Å². The maximum Gasteiger partial charge on any atom is 0.478 e. The van der Waals surface area contributed by atoms with Crippen LogP contribution in [0.5, 0.6) is 0 Å². The first kappa shape index (κ1) is 16.6. The van der Waals surface area contributed by atoms with Crippen LogP contribution < -0.4 is 0 Å². The summed E-state index contributed by atoms with van der Waals surface area (Å²) in [5.74, 6) is 0. The molecule has 114 valence electrons. The molecule has 0 unspecified atom stereocenters. The van der Waals surface area contributed by atoms with Gasteiger partial charge in [-0.2, -0.15) is 43.9 Å². The van der Waals surface area contributed by atoms with E-state index in [0.29, 0.717) is 0 Å². The first-order valence-electron chi connectivity index (χ1n) is 3.74. The lowest BCUT2D eigenvalue weighted by Crippen LogP contribution is -2.48. The molecule has 0 saturated carbocycles. The number of nitrogens with zero attached hydrogens (tertiary/aromatic N) is 2. The third kappa shape index (κ3) is 2.72. The van der Waals surface area contributed by atoms with Gasteiger partial charge in [0.1, 0.15) is 0 Å². The lowest BCUT2D eigenvalue weighted by Gasteiger charge is -2.26. The molecule has 1 heterocycles. The lowest BCUT2D eigenvalue weighted by atomic mass is 10.5. The van der Waals surface area contributed by atoms with Crippen LogP contribution in [0.25, 0.3) is 0 Å². The van der Waals surface area contributed by atoms with Crippen LogP contribution in [0.4, 0.5) is 43.9 Å². The van der Waals surface area contributed by atoms with Gasteiger partial charge in [0.2, 0.25) is 0 Å². The Labute approximate surface area is 107 Å². The average Bonchev–Trinajstić information content (AvgIpc) is 2.62. The van der Waals surface area contributed by atoms with Crippen LogP contribution in [0.2, 0.25) is 0 Å². The second-order valence-electron chi connectivity index (χ2n) is 2.84. The van der Waals surface area contributed by atoms with E-state index in [2.05, 4.69) is 0 Å². The van der Waals surface area contributed by atoms with E-state index in [1.54, 1.807) is 0 Å². The second-order valence-corrected chi connectivity index (χ2v) is 6.49. The molecule has 0 aliphatic heterocycles. The van der Waals surface area contributed by atoms with Crippen molar-refractivity contribution in [2.75, 3.05) is 0 Å². The Morgan fingerprint density at radius 3 is 1.00 bits per heavy atom. The lowest BCUT2D eigenvalue weighted by molar-refractivity contribution is -0.356.